The van der Waals surface area contributed by atoms with E-state index in [4.69, 9.17) is 4.42 Å². The third kappa shape index (κ3) is 7.68. The fraction of sp³-hybridized carbons (Fsp3) is 0.167. The van der Waals surface area contributed by atoms with Gasteiger partial charge in [0.15, 0.2) is 5.58 Å². The van der Waals surface area contributed by atoms with Crippen molar-refractivity contribution in [3.05, 3.63) is 223 Å². The van der Waals surface area contributed by atoms with Crippen LogP contribution in [0.5, 0.6) is 0 Å². The number of anilines is 6. The van der Waals surface area contributed by atoms with E-state index >= 15 is 0 Å². The third-order valence-electron chi connectivity index (χ3n) is 16.5. The molecule has 14 rings (SSSR count). The summed E-state index contributed by atoms with van der Waals surface area (Å²) in [6, 6.07) is 77.7. The SMILES string of the molecule is CC(C)(C)c1ccc(N2c3cc4c(cc3B3c5cc(C(C)(C)C)ccc5N(c5cc(-c6ccccc6)cc6c5oc5c(-c7ccccc7)cc(-c7ccccc7)cc56)c5cccc2c53)sc2ccc(C(C)(C)C)cc24)cc1. The van der Waals surface area contributed by atoms with Crippen molar-refractivity contribution in [3.63, 3.8) is 0 Å². The Morgan fingerprint density at radius 1 is 0.351 bits per heavy atom. The molecule has 10 aromatic carbocycles. The maximum atomic E-state index is 7.55. The Bertz CT molecular complexity index is 4320. The van der Waals surface area contributed by atoms with E-state index in [1.807, 2.05) is 11.3 Å². The molecule has 374 valence electrons. The molecule has 0 spiro atoms. The number of thiophene rings is 1. The van der Waals surface area contributed by atoms with E-state index in [0.717, 1.165) is 72.5 Å². The highest BCUT2D eigenvalue weighted by Gasteiger charge is 2.45. The highest BCUT2D eigenvalue weighted by molar-refractivity contribution is 7.26. The van der Waals surface area contributed by atoms with Crippen LogP contribution in [0.25, 0.3) is 75.5 Å². The quantitative estimate of drug-likeness (QED) is 0.160. The van der Waals surface area contributed by atoms with Gasteiger partial charge in [-0.15, -0.1) is 11.3 Å². The molecule has 0 amide bonds. The summed E-state index contributed by atoms with van der Waals surface area (Å²) in [6.45, 7) is 20.8. The minimum absolute atomic E-state index is 0.0120. The first-order valence-electron chi connectivity index (χ1n) is 27.3. The van der Waals surface area contributed by atoms with Crippen molar-refractivity contribution in [2.24, 2.45) is 0 Å². The standard InChI is InChI=1S/C72H61BN2OS/c1-70(2,3)49-28-32-52(33-29-49)74-61-26-19-27-62-67(61)73(59-43-66-55(42-63(59)74)54-40-50(71(4,5)6)31-35-65(54)77-66)58-41-51(72(7,8)9)30-34-60(58)75(62)64-39-48(45-22-15-11-16-23-45)38-57-56-37-47(44-20-13-10-14-21-44)36-53(68(56)76-69(57)64)46-24-17-12-18-25-46/h10-43H,1-9H3. The normalized spacial score (nSPS) is 13.4. The second-order valence-corrected chi connectivity index (χ2v) is 25.7. The molecule has 0 saturated heterocycles. The number of fused-ring (bicyclic) bond motifs is 10. The van der Waals surface area contributed by atoms with Crippen LogP contribution in [0.15, 0.2) is 211 Å². The molecule has 0 unspecified atom stereocenters. The highest BCUT2D eigenvalue weighted by atomic mass is 32.1. The second-order valence-electron chi connectivity index (χ2n) is 24.6. The second kappa shape index (κ2) is 17.2. The van der Waals surface area contributed by atoms with Crippen LogP contribution in [-0.2, 0) is 16.2 Å². The van der Waals surface area contributed by atoms with Gasteiger partial charge in [0.2, 0.25) is 0 Å². The van der Waals surface area contributed by atoms with Gasteiger partial charge in [-0.2, -0.15) is 0 Å². The van der Waals surface area contributed by atoms with Gasteiger partial charge < -0.3 is 14.2 Å². The molecule has 2 aliphatic heterocycles. The Balaban J connectivity index is 1.09. The summed E-state index contributed by atoms with van der Waals surface area (Å²) in [5.74, 6) is 0. The molecule has 77 heavy (non-hydrogen) atoms. The van der Waals surface area contributed by atoms with E-state index in [1.54, 1.807) is 0 Å². The van der Waals surface area contributed by atoms with E-state index in [9.17, 15) is 0 Å². The average molecular weight is 1010 g/mol. The zero-order chi connectivity index (χ0) is 52.7. The van der Waals surface area contributed by atoms with Crippen LogP contribution in [-0.4, -0.2) is 6.71 Å². The van der Waals surface area contributed by atoms with E-state index in [2.05, 4.69) is 278 Å². The Morgan fingerprint density at radius 2 is 0.883 bits per heavy atom. The maximum Gasteiger partial charge on any atom is 0.252 e. The number of hydrogen-bond acceptors (Lipinski definition) is 4. The summed E-state index contributed by atoms with van der Waals surface area (Å²) in [6.07, 6.45) is 0. The molecule has 5 heteroatoms. The molecule has 2 aromatic heterocycles. The predicted octanol–water partition coefficient (Wildman–Crippen LogP) is 18.9. The Hall–Kier alpha value is -8.12. The van der Waals surface area contributed by atoms with Crippen LogP contribution >= 0.6 is 11.3 Å². The van der Waals surface area contributed by atoms with Crippen molar-refractivity contribution in [1.82, 2.24) is 0 Å². The van der Waals surface area contributed by atoms with Crippen molar-refractivity contribution < 1.29 is 4.42 Å². The molecular weight excluding hydrogens is 952 g/mol. The van der Waals surface area contributed by atoms with Crippen molar-refractivity contribution in [2.75, 3.05) is 9.80 Å². The zero-order valence-corrected chi connectivity index (χ0v) is 46.2. The van der Waals surface area contributed by atoms with E-state index in [1.165, 1.54) is 70.2 Å². The minimum Gasteiger partial charge on any atom is -0.453 e. The van der Waals surface area contributed by atoms with Gasteiger partial charge in [0.05, 0.1) is 5.69 Å². The number of furan rings is 1. The Kier molecular flexibility index (Phi) is 10.6. The van der Waals surface area contributed by atoms with Gasteiger partial charge in [-0.1, -0.05) is 190 Å². The fourth-order valence-corrected chi connectivity index (χ4v) is 13.5. The van der Waals surface area contributed by atoms with E-state index in [0.29, 0.717) is 0 Å². The van der Waals surface area contributed by atoms with Crippen LogP contribution in [0.3, 0.4) is 0 Å². The lowest BCUT2D eigenvalue weighted by molar-refractivity contribution is 0.590. The monoisotopic (exact) mass is 1010 g/mol. The van der Waals surface area contributed by atoms with E-state index in [-0.39, 0.29) is 23.0 Å². The van der Waals surface area contributed by atoms with Gasteiger partial charge >= 0.3 is 0 Å². The number of benzene rings is 10. The first-order valence-corrected chi connectivity index (χ1v) is 28.1. The molecule has 0 N–H and O–H groups in total. The van der Waals surface area contributed by atoms with Crippen LogP contribution in [0, 0.1) is 0 Å². The minimum atomic E-state index is -0.0955. The zero-order valence-electron chi connectivity index (χ0n) is 45.4. The Morgan fingerprint density at radius 3 is 1.52 bits per heavy atom. The molecule has 0 radical (unpaired) electrons. The van der Waals surface area contributed by atoms with Gasteiger partial charge in [0, 0.05) is 64.9 Å². The number of hydrogen-bond donors (Lipinski definition) is 0. The van der Waals surface area contributed by atoms with Crippen LogP contribution in [0.4, 0.5) is 34.1 Å². The van der Waals surface area contributed by atoms with Gasteiger partial charge in [-0.25, -0.2) is 0 Å². The summed E-state index contributed by atoms with van der Waals surface area (Å²) >= 11 is 1.92. The summed E-state index contributed by atoms with van der Waals surface area (Å²) in [5, 5.41) is 4.81. The molecule has 0 fully saturated rings. The van der Waals surface area contributed by atoms with E-state index < -0.39 is 0 Å². The first kappa shape index (κ1) is 47.3. The summed E-state index contributed by atoms with van der Waals surface area (Å²) in [4.78, 5) is 5.12. The van der Waals surface area contributed by atoms with Crippen LogP contribution < -0.4 is 26.2 Å². The van der Waals surface area contributed by atoms with Crippen LogP contribution in [0.1, 0.15) is 79.0 Å². The molecule has 2 aliphatic rings. The molecule has 3 nitrogen and oxygen atoms in total. The lowest BCUT2D eigenvalue weighted by Crippen LogP contribution is -2.61. The highest BCUT2D eigenvalue weighted by Crippen LogP contribution is 2.51. The van der Waals surface area contributed by atoms with Gasteiger partial charge in [0.1, 0.15) is 5.58 Å². The van der Waals surface area contributed by atoms with Crippen LogP contribution in [0.2, 0.25) is 0 Å². The summed E-state index contributed by atoms with van der Waals surface area (Å²) in [7, 11) is 0. The van der Waals surface area contributed by atoms with Gasteiger partial charge in [-0.3, -0.25) is 0 Å². The van der Waals surface area contributed by atoms with Crippen molar-refractivity contribution in [2.45, 2.75) is 78.6 Å². The smallest absolute Gasteiger partial charge is 0.252 e. The molecular formula is C72H61BN2OS. The molecule has 4 heterocycles. The topological polar surface area (TPSA) is 19.6 Å². The van der Waals surface area contributed by atoms with Gasteiger partial charge in [0.25, 0.3) is 6.71 Å². The third-order valence-corrected chi connectivity index (χ3v) is 17.6. The fourth-order valence-electron chi connectivity index (χ4n) is 12.3. The largest absolute Gasteiger partial charge is 0.453 e. The summed E-state index contributed by atoms with van der Waals surface area (Å²) in [5.41, 5.74) is 23.2. The van der Waals surface area contributed by atoms with Gasteiger partial charge in [-0.05, 0) is 156 Å². The molecule has 0 saturated carbocycles. The molecule has 0 atom stereocenters. The van der Waals surface area contributed by atoms with Crippen molar-refractivity contribution in [1.29, 1.82) is 0 Å². The number of nitrogens with zero attached hydrogens (tertiary/aromatic N) is 2. The molecule has 0 aliphatic carbocycles. The molecule has 0 bridgehead atoms. The lowest BCUT2D eigenvalue weighted by atomic mass is 9.33. The molecule has 12 aromatic rings. The predicted molar refractivity (Wildman–Crippen MR) is 333 cm³/mol. The summed E-state index contributed by atoms with van der Waals surface area (Å²) < 4.78 is 10.2. The first-order chi connectivity index (χ1) is 37.1. The van der Waals surface area contributed by atoms with Crippen molar-refractivity contribution >= 4 is 111 Å². The lowest BCUT2D eigenvalue weighted by Gasteiger charge is -2.44. The average Bonchev–Trinajstić information content (AvgIpc) is 4.11. The Labute approximate surface area is 457 Å². The maximum absolute atomic E-state index is 7.55. The van der Waals surface area contributed by atoms with Crippen molar-refractivity contribution in [3.8, 4) is 33.4 Å². The number of rotatable bonds is 5.